The van der Waals surface area contributed by atoms with Crippen LogP contribution in [0.3, 0.4) is 0 Å². The molecular formula is C21H27NO5. The van der Waals surface area contributed by atoms with E-state index in [9.17, 15) is 9.90 Å². The van der Waals surface area contributed by atoms with Crippen LogP contribution in [0.25, 0.3) is 0 Å². The molecule has 6 heteroatoms. The Labute approximate surface area is 160 Å². The zero-order chi connectivity index (χ0) is 19.6. The smallest absolute Gasteiger partial charge is 0.160 e. The predicted octanol–water partition coefficient (Wildman–Crippen LogP) is 2.48. The molecule has 0 radical (unpaired) electrons. The van der Waals surface area contributed by atoms with Crippen molar-refractivity contribution in [1.82, 2.24) is 5.32 Å². The molecule has 0 aliphatic heterocycles. The van der Waals surface area contributed by atoms with Crippen molar-refractivity contribution in [2.75, 3.05) is 33.9 Å². The highest BCUT2D eigenvalue weighted by Crippen LogP contribution is 2.27. The number of rotatable bonds is 11. The summed E-state index contributed by atoms with van der Waals surface area (Å²) in [7, 11) is 3.22. The number of benzene rings is 2. The third-order valence-electron chi connectivity index (χ3n) is 4.10. The molecule has 0 bridgehead atoms. The van der Waals surface area contributed by atoms with Crippen molar-refractivity contribution in [2.24, 2.45) is 0 Å². The topological polar surface area (TPSA) is 77.0 Å². The first-order chi connectivity index (χ1) is 13.0. The zero-order valence-corrected chi connectivity index (χ0v) is 16.0. The summed E-state index contributed by atoms with van der Waals surface area (Å²) in [5.41, 5.74) is 1.71. The summed E-state index contributed by atoms with van der Waals surface area (Å²) in [5, 5.41) is 13.3. The van der Waals surface area contributed by atoms with Gasteiger partial charge in [0.05, 0.1) is 14.2 Å². The Morgan fingerprint density at radius 2 is 1.89 bits per heavy atom. The normalized spacial score (nSPS) is 11.7. The molecule has 0 saturated carbocycles. The molecule has 0 fully saturated rings. The van der Waals surface area contributed by atoms with Crippen LogP contribution in [-0.2, 0) is 6.42 Å². The number of aliphatic hydroxyl groups is 1. The van der Waals surface area contributed by atoms with Gasteiger partial charge in [-0.2, -0.15) is 0 Å². The number of carbonyl (C=O) groups excluding carboxylic acids is 1. The van der Waals surface area contributed by atoms with Crippen molar-refractivity contribution in [1.29, 1.82) is 0 Å². The first kappa shape index (κ1) is 20.7. The molecule has 27 heavy (non-hydrogen) atoms. The summed E-state index contributed by atoms with van der Waals surface area (Å²) in [6, 6.07) is 12.8. The number of aliphatic hydroxyl groups excluding tert-OH is 1. The van der Waals surface area contributed by atoms with Gasteiger partial charge in [-0.1, -0.05) is 18.2 Å². The molecule has 0 spiro atoms. The molecule has 0 amide bonds. The Hall–Kier alpha value is -2.57. The maximum Gasteiger partial charge on any atom is 0.160 e. The van der Waals surface area contributed by atoms with Gasteiger partial charge in [0, 0.05) is 12.1 Å². The minimum absolute atomic E-state index is 0.0159. The summed E-state index contributed by atoms with van der Waals surface area (Å²) < 4.78 is 16.1. The summed E-state index contributed by atoms with van der Waals surface area (Å²) in [4.78, 5) is 11.4. The van der Waals surface area contributed by atoms with Gasteiger partial charge < -0.3 is 24.6 Å². The molecular weight excluding hydrogens is 346 g/mol. The van der Waals surface area contributed by atoms with Crippen LogP contribution in [0.1, 0.15) is 22.8 Å². The highest BCUT2D eigenvalue weighted by Gasteiger charge is 2.08. The molecule has 0 aromatic heterocycles. The summed E-state index contributed by atoms with van der Waals surface area (Å²) in [5.74, 6) is 1.97. The highest BCUT2D eigenvalue weighted by molar-refractivity contribution is 5.94. The van der Waals surface area contributed by atoms with Crippen molar-refractivity contribution in [3.63, 3.8) is 0 Å². The summed E-state index contributed by atoms with van der Waals surface area (Å²) in [6.45, 7) is 2.80. The SMILES string of the molecule is COc1ccc(CCNC[C@@H](O)COc2cccc(C(C)=O)c2)cc1OC. The molecule has 0 unspecified atom stereocenters. The van der Waals surface area contributed by atoms with Gasteiger partial charge in [-0.25, -0.2) is 0 Å². The van der Waals surface area contributed by atoms with Crippen molar-refractivity contribution in [3.05, 3.63) is 53.6 Å². The number of hydrogen-bond donors (Lipinski definition) is 2. The second kappa shape index (κ2) is 10.5. The van der Waals surface area contributed by atoms with Crippen LogP contribution < -0.4 is 19.5 Å². The van der Waals surface area contributed by atoms with Crippen LogP contribution in [0.15, 0.2) is 42.5 Å². The lowest BCUT2D eigenvalue weighted by Crippen LogP contribution is -2.32. The molecule has 0 aliphatic carbocycles. The second-order valence-corrected chi connectivity index (χ2v) is 6.19. The van der Waals surface area contributed by atoms with E-state index >= 15 is 0 Å². The second-order valence-electron chi connectivity index (χ2n) is 6.19. The van der Waals surface area contributed by atoms with Gasteiger partial charge in [0.2, 0.25) is 0 Å². The maximum atomic E-state index is 11.4. The van der Waals surface area contributed by atoms with Crippen LogP contribution in [0, 0.1) is 0 Å². The molecule has 0 saturated heterocycles. The molecule has 0 heterocycles. The summed E-state index contributed by atoms with van der Waals surface area (Å²) in [6.07, 6.45) is 0.158. The molecule has 6 nitrogen and oxygen atoms in total. The monoisotopic (exact) mass is 373 g/mol. The molecule has 2 aromatic carbocycles. The standard InChI is InChI=1S/C21H27NO5/c1-15(23)17-5-4-6-19(12-17)27-14-18(24)13-22-10-9-16-7-8-20(25-2)21(11-16)26-3/h4-8,11-12,18,22,24H,9-10,13-14H2,1-3H3/t18-/m1/s1. The Morgan fingerprint density at radius 3 is 2.59 bits per heavy atom. The molecule has 2 rings (SSSR count). The number of Topliss-reactive ketones (excluding diaryl/α,β-unsaturated/α-hetero) is 1. The molecule has 1 atom stereocenters. The van der Waals surface area contributed by atoms with Gasteiger partial charge in [-0.15, -0.1) is 0 Å². The van der Waals surface area contributed by atoms with E-state index in [0.717, 1.165) is 12.0 Å². The lowest BCUT2D eigenvalue weighted by atomic mass is 10.1. The van der Waals surface area contributed by atoms with E-state index in [1.807, 2.05) is 18.2 Å². The third kappa shape index (κ3) is 6.58. The van der Waals surface area contributed by atoms with Crippen LogP contribution in [0.2, 0.25) is 0 Å². The predicted molar refractivity (Wildman–Crippen MR) is 104 cm³/mol. The highest BCUT2D eigenvalue weighted by atomic mass is 16.5. The Morgan fingerprint density at radius 1 is 1.11 bits per heavy atom. The fourth-order valence-electron chi connectivity index (χ4n) is 2.59. The van der Waals surface area contributed by atoms with Crippen LogP contribution in [-0.4, -0.2) is 50.9 Å². The number of ketones is 1. The van der Waals surface area contributed by atoms with E-state index in [-0.39, 0.29) is 12.4 Å². The number of methoxy groups -OCH3 is 2. The molecule has 2 aromatic rings. The van der Waals surface area contributed by atoms with Crippen molar-refractivity contribution in [2.45, 2.75) is 19.4 Å². The van der Waals surface area contributed by atoms with Gasteiger partial charge in [0.15, 0.2) is 17.3 Å². The Balaban J connectivity index is 1.71. The molecule has 2 N–H and O–H groups in total. The van der Waals surface area contributed by atoms with Crippen LogP contribution in [0.4, 0.5) is 0 Å². The first-order valence-electron chi connectivity index (χ1n) is 8.87. The van der Waals surface area contributed by atoms with Gasteiger partial charge in [0.1, 0.15) is 18.5 Å². The number of ether oxygens (including phenoxy) is 3. The zero-order valence-electron chi connectivity index (χ0n) is 16.0. The number of hydrogen-bond acceptors (Lipinski definition) is 6. The van der Waals surface area contributed by atoms with Gasteiger partial charge in [-0.3, -0.25) is 4.79 Å². The summed E-state index contributed by atoms with van der Waals surface area (Å²) >= 11 is 0. The number of carbonyl (C=O) groups is 1. The van der Waals surface area contributed by atoms with Crippen molar-refractivity contribution >= 4 is 5.78 Å². The average Bonchev–Trinajstić information content (AvgIpc) is 2.69. The fraction of sp³-hybridized carbons (Fsp3) is 0.381. The fourth-order valence-corrected chi connectivity index (χ4v) is 2.59. The first-order valence-corrected chi connectivity index (χ1v) is 8.87. The quantitative estimate of drug-likeness (QED) is 0.465. The number of nitrogens with one attached hydrogen (secondary N) is 1. The van der Waals surface area contributed by atoms with Crippen LogP contribution in [0.5, 0.6) is 17.2 Å². The Kier molecular flexibility index (Phi) is 8.10. The van der Waals surface area contributed by atoms with Gasteiger partial charge >= 0.3 is 0 Å². The van der Waals surface area contributed by atoms with E-state index in [2.05, 4.69) is 5.32 Å². The molecule has 0 aliphatic rings. The lowest BCUT2D eigenvalue weighted by Gasteiger charge is -2.14. The molecule has 146 valence electrons. The van der Waals surface area contributed by atoms with E-state index in [0.29, 0.717) is 35.9 Å². The largest absolute Gasteiger partial charge is 0.493 e. The van der Waals surface area contributed by atoms with E-state index in [1.165, 1.54) is 6.92 Å². The maximum absolute atomic E-state index is 11.4. The average molecular weight is 373 g/mol. The minimum atomic E-state index is -0.642. The van der Waals surface area contributed by atoms with E-state index in [1.54, 1.807) is 38.5 Å². The lowest BCUT2D eigenvalue weighted by molar-refractivity contribution is 0.101. The third-order valence-corrected chi connectivity index (χ3v) is 4.10. The van der Waals surface area contributed by atoms with E-state index in [4.69, 9.17) is 14.2 Å². The van der Waals surface area contributed by atoms with Crippen molar-refractivity contribution < 1.29 is 24.1 Å². The van der Waals surface area contributed by atoms with Gasteiger partial charge in [0.25, 0.3) is 0 Å². The van der Waals surface area contributed by atoms with Crippen molar-refractivity contribution in [3.8, 4) is 17.2 Å². The minimum Gasteiger partial charge on any atom is -0.493 e. The van der Waals surface area contributed by atoms with E-state index < -0.39 is 6.10 Å². The van der Waals surface area contributed by atoms with Crippen LogP contribution >= 0.6 is 0 Å². The van der Waals surface area contributed by atoms with Gasteiger partial charge in [-0.05, 0) is 49.7 Å². The Bertz CT molecular complexity index is 747.